The van der Waals surface area contributed by atoms with Crippen molar-refractivity contribution in [2.75, 3.05) is 7.11 Å². The Labute approximate surface area is 125 Å². The van der Waals surface area contributed by atoms with Gasteiger partial charge in [-0.15, -0.1) is 0 Å². The fraction of sp³-hybridized carbons (Fsp3) is 0.500. The van der Waals surface area contributed by atoms with Crippen LogP contribution in [0.15, 0.2) is 28.8 Å². The summed E-state index contributed by atoms with van der Waals surface area (Å²) in [6.45, 7) is 5.81. The average Bonchev–Trinajstić information content (AvgIpc) is 2.87. The Hall–Kier alpha value is -1.88. The van der Waals surface area contributed by atoms with Crippen molar-refractivity contribution in [1.82, 2.24) is 10.1 Å². The Morgan fingerprint density at radius 1 is 1.19 bits per heavy atom. The fourth-order valence-electron chi connectivity index (χ4n) is 2.45. The number of rotatable bonds is 6. The van der Waals surface area contributed by atoms with Crippen molar-refractivity contribution in [3.63, 3.8) is 0 Å². The largest absolute Gasteiger partial charge is 0.497 e. The molecule has 0 amide bonds. The second-order valence-corrected chi connectivity index (χ2v) is 5.58. The van der Waals surface area contributed by atoms with Crippen molar-refractivity contribution in [3.05, 3.63) is 41.5 Å². The summed E-state index contributed by atoms with van der Waals surface area (Å²) in [6.07, 6.45) is 0.0808. The van der Waals surface area contributed by atoms with Gasteiger partial charge in [0.2, 0.25) is 5.89 Å². The minimum absolute atomic E-state index is 0.137. The minimum atomic E-state index is -0.515. The van der Waals surface area contributed by atoms with Crippen LogP contribution in [0, 0.1) is 5.92 Å². The third-order valence-electron chi connectivity index (χ3n) is 3.53. The highest BCUT2D eigenvalue weighted by molar-refractivity contribution is 5.28. The van der Waals surface area contributed by atoms with E-state index in [1.165, 1.54) is 0 Å². The highest BCUT2D eigenvalue weighted by Crippen LogP contribution is 2.27. The third-order valence-corrected chi connectivity index (χ3v) is 3.53. The molecular formula is C16H22N2O3. The molecule has 21 heavy (non-hydrogen) atoms. The van der Waals surface area contributed by atoms with Crippen LogP contribution in [0.3, 0.4) is 0 Å². The molecule has 2 atom stereocenters. The lowest BCUT2D eigenvalue weighted by Gasteiger charge is -2.19. The van der Waals surface area contributed by atoms with E-state index in [0.29, 0.717) is 18.1 Å². The first-order valence-corrected chi connectivity index (χ1v) is 7.14. The average molecular weight is 290 g/mol. The Balaban J connectivity index is 2.11. The molecule has 0 radical (unpaired) electrons. The molecule has 1 heterocycles. The summed E-state index contributed by atoms with van der Waals surface area (Å²) in [7, 11) is 1.64. The number of methoxy groups -OCH3 is 1. The molecule has 1 aromatic heterocycles. The quantitative estimate of drug-likeness (QED) is 0.886. The maximum Gasteiger partial charge on any atom is 0.232 e. The molecule has 2 rings (SSSR count). The number of aliphatic hydroxyl groups is 1. The zero-order chi connectivity index (χ0) is 15.4. The van der Waals surface area contributed by atoms with E-state index < -0.39 is 6.10 Å². The molecule has 2 aromatic rings. The molecule has 0 bridgehead atoms. The topological polar surface area (TPSA) is 68.4 Å². The van der Waals surface area contributed by atoms with Crippen LogP contribution in [0.1, 0.15) is 44.0 Å². The number of nitrogens with zero attached hydrogens (tertiary/aromatic N) is 2. The van der Waals surface area contributed by atoms with E-state index in [9.17, 15) is 5.11 Å². The number of hydrogen-bond donors (Lipinski definition) is 1. The molecule has 0 saturated heterocycles. The molecule has 1 aromatic carbocycles. The van der Waals surface area contributed by atoms with Gasteiger partial charge in [-0.2, -0.15) is 4.98 Å². The highest BCUT2D eigenvalue weighted by atomic mass is 16.5. The summed E-state index contributed by atoms with van der Waals surface area (Å²) in [4.78, 5) is 4.42. The molecule has 0 fully saturated rings. The molecule has 0 aliphatic carbocycles. The predicted molar refractivity (Wildman–Crippen MR) is 79.4 cm³/mol. The minimum Gasteiger partial charge on any atom is -0.497 e. The second-order valence-electron chi connectivity index (χ2n) is 5.58. The molecule has 0 aliphatic rings. The summed E-state index contributed by atoms with van der Waals surface area (Å²) in [5, 5.41) is 13.9. The van der Waals surface area contributed by atoms with Crippen LogP contribution in [0.25, 0.3) is 0 Å². The van der Waals surface area contributed by atoms with Gasteiger partial charge in [-0.3, -0.25) is 0 Å². The monoisotopic (exact) mass is 290 g/mol. The van der Waals surface area contributed by atoms with E-state index in [0.717, 1.165) is 11.3 Å². The lowest BCUT2D eigenvalue weighted by Crippen LogP contribution is -2.20. The molecule has 5 heteroatoms. The Morgan fingerprint density at radius 2 is 1.86 bits per heavy atom. The van der Waals surface area contributed by atoms with Crippen molar-refractivity contribution in [2.45, 2.75) is 39.2 Å². The molecule has 0 saturated carbocycles. The lowest BCUT2D eigenvalue weighted by molar-refractivity contribution is 0.120. The molecular weight excluding hydrogens is 268 g/mol. The van der Waals surface area contributed by atoms with Crippen LogP contribution in [-0.4, -0.2) is 28.5 Å². The SMILES string of the molecule is COc1ccc(Cc2noc(C(C(C)C)C(C)O)n2)cc1. The first-order chi connectivity index (χ1) is 10.0. The number of ether oxygens (including phenoxy) is 1. The number of benzene rings is 1. The summed E-state index contributed by atoms with van der Waals surface area (Å²) in [5.41, 5.74) is 1.08. The van der Waals surface area contributed by atoms with E-state index in [2.05, 4.69) is 10.1 Å². The number of hydrogen-bond acceptors (Lipinski definition) is 5. The zero-order valence-corrected chi connectivity index (χ0v) is 12.9. The van der Waals surface area contributed by atoms with Gasteiger partial charge in [0.05, 0.1) is 19.1 Å². The van der Waals surface area contributed by atoms with Crippen molar-refractivity contribution >= 4 is 0 Å². The van der Waals surface area contributed by atoms with E-state index >= 15 is 0 Å². The van der Waals surface area contributed by atoms with Crippen LogP contribution in [0.4, 0.5) is 0 Å². The first-order valence-electron chi connectivity index (χ1n) is 7.14. The van der Waals surface area contributed by atoms with E-state index in [-0.39, 0.29) is 11.8 Å². The van der Waals surface area contributed by atoms with Gasteiger partial charge in [0.25, 0.3) is 0 Å². The van der Waals surface area contributed by atoms with Gasteiger partial charge in [-0.25, -0.2) is 0 Å². The van der Waals surface area contributed by atoms with E-state index in [4.69, 9.17) is 9.26 Å². The summed E-state index contributed by atoms with van der Waals surface area (Å²) in [6, 6.07) is 7.76. The molecule has 0 aliphatic heterocycles. The van der Waals surface area contributed by atoms with Gasteiger partial charge < -0.3 is 14.4 Å². The first kappa shape index (κ1) is 15.5. The van der Waals surface area contributed by atoms with Crippen molar-refractivity contribution in [3.8, 4) is 5.75 Å². The Kier molecular flexibility index (Phi) is 4.96. The van der Waals surface area contributed by atoms with Crippen LogP contribution >= 0.6 is 0 Å². The third kappa shape index (κ3) is 3.82. The highest BCUT2D eigenvalue weighted by Gasteiger charge is 2.27. The predicted octanol–water partition coefficient (Wildman–Crippen LogP) is 2.79. The maximum atomic E-state index is 9.85. The molecule has 114 valence electrons. The van der Waals surface area contributed by atoms with Gasteiger partial charge in [0, 0.05) is 6.42 Å². The van der Waals surface area contributed by atoms with Gasteiger partial charge in [0.1, 0.15) is 5.75 Å². The normalized spacial score (nSPS) is 14.2. The van der Waals surface area contributed by atoms with Crippen LogP contribution in [-0.2, 0) is 6.42 Å². The van der Waals surface area contributed by atoms with Gasteiger partial charge in [0.15, 0.2) is 5.82 Å². The Bertz CT molecular complexity index is 553. The van der Waals surface area contributed by atoms with Crippen LogP contribution < -0.4 is 4.74 Å². The zero-order valence-electron chi connectivity index (χ0n) is 12.9. The standard InChI is InChI=1S/C16H22N2O3/c1-10(2)15(11(3)19)16-17-14(18-21-16)9-12-5-7-13(20-4)8-6-12/h5-8,10-11,15,19H,9H2,1-4H3. The van der Waals surface area contributed by atoms with Gasteiger partial charge in [-0.1, -0.05) is 31.1 Å². The summed E-state index contributed by atoms with van der Waals surface area (Å²) in [5.74, 6) is 2.05. The molecule has 0 spiro atoms. The lowest BCUT2D eigenvalue weighted by atomic mass is 9.91. The molecule has 2 unspecified atom stereocenters. The Morgan fingerprint density at radius 3 is 2.38 bits per heavy atom. The summed E-state index contributed by atoms with van der Waals surface area (Å²) >= 11 is 0. The second kappa shape index (κ2) is 6.72. The number of aliphatic hydroxyl groups excluding tert-OH is 1. The number of aromatic nitrogens is 2. The van der Waals surface area contributed by atoms with E-state index in [1.807, 2.05) is 38.1 Å². The smallest absolute Gasteiger partial charge is 0.232 e. The summed E-state index contributed by atoms with van der Waals surface area (Å²) < 4.78 is 10.5. The van der Waals surface area contributed by atoms with Crippen molar-refractivity contribution in [1.29, 1.82) is 0 Å². The van der Waals surface area contributed by atoms with Crippen LogP contribution in [0.2, 0.25) is 0 Å². The van der Waals surface area contributed by atoms with E-state index in [1.54, 1.807) is 14.0 Å². The van der Waals surface area contributed by atoms with Crippen LogP contribution in [0.5, 0.6) is 5.75 Å². The maximum absolute atomic E-state index is 9.85. The van der Waals surface area contributed by atoms with Crippen molar-refractivity contribution in [2.24, 2.45) is 5.92 Å². The van der Waals surface area contributed by atoms with Gasteiger partial charge >= 0.3 is 0 Å². The molecule has 5 nitrogen and oxygen atoms in total. The van der Waals surface area contributed by atoms with Crippen molar-refractivity contribution < 1.29 is 14.4 Å². The van der Waals surface area contributed by atoms with Gasteiger partial charge in [-0.05, 0) is 30.5 Å². The fourth-order valence-corrected chi connectivity index (χ4v) is 2.45. The molecule has 1 N–H and O–H groups in total.